The molecule has 0 fully saturated rings. The molecule has 0 saturated carbocycles. The average Bonchev–Trinajstić information content (AvgIpc) is 2.47. The lowest BCUT2D eigenvalue weighted by Crippen LogP contribution is -2.60. The number of rotatable bonds is 3. The molecule has 0 bridgehead atoms. The van der Waals surface area contributed by atoms with E-state index >= 15 is 0 Å². The Labute approximate surface area is 118 Å². The van der Waals surface area contributed by atoms with Crippen molar-refractivity contribution in [2.24, 2.45) is 11.3 Å². The Morgan fingerprint density at radius 3 is 2.50 bits per heavy atom. The standard InChI is InChI=1S/C15H20O5/c1-10-5-7-14(13(17)18-2)8-6-12(16)15(19-3,20-4)11(14)9-10/h5-6,8,11H,7,9H2,1-4H3/t11-,14+/m0/s1. The van der Waals surface area contributed by atoms with Gasteiger partial charge in [0.05, 0.1) is 12.5 Å². The molecule has 0 saturated heterocycles. The molecule has 0 N–H and O–H groups in total. The second-order valence-electron chi connectivity index (χ2n) is 5.32. The van der Waals surface area contributed by atoms with Crippen LogP contribution in [0.5, 0.6) is 0 Å². The van der Waals surface area contributed by atoms with Gasteiger partial charge in [0.25, 0.3) is 0 Å². The van der Waals surface area contributed by atoms with Gasteiger partial charge < -0.3 is 14.2 Å². The molecule has 110 valence electrons. The molecule has 0 amide bonds. The molecule has 2 rings (SSSR count). The molecule has 0 heterocycles. The van der Waals surface area contributed by atoms with Crippen LogP contribution in [0.1, 0.15) is 19.8 Å². The van der Waals surface area contributed by atoms with Gasteiger partial charge in [-0.1, -0.05) is 17.7 Å². The maximum Gasteiger partial charge on any atom is 0.316 e. The topological polar surface area (TPSA) is 61.8 Å². The summed E-state index contributed by atoms with van der Waals surface area (Å²) >= 11 is 0. The number of carbonyl (C=O) groups is 2. The Kier molecular flexibility index (Phi) is 3.84. The fourth-order valence-electron chi connectivity index (χ4n) is 3.30. The molecule has 0 aromatic rings. The maximum absolute atomic E-state index is 12.3. The summed E-state index contributed by atoms with van der Waals surface area (Å²) < 4.78 is 15.8. The first kappa shape index (κ1) is 14.9. The van der Waals surface area contributed by atoms with E-state index in [4.69, 9.17) is 14.2 Å². The van der Waals surface area contributed by atoms with Crippen LogP contribution in [0.4, 0.5) is 0 Å². The lowest BCUT2D eigenvalue weighted by molar-refractivity contribution is -0.246. The monoisotopic (exact) mass is 280 g/mol. The number of ketones is 1. The summed E-state index contributed by atoms with van der Waals surface area (Å²) in [6, 6.07) is 0. The second-order valence-corrected chi connectivity index (χ2v) is 5.32. The van der Waals surface area contributed by atoms with Crippen LogP contribution in [0.15, 0.2) is 23.8 Å². The second kappa shape index (κ2) is 5.14. The zero-order valence-electron chi connectivity index (χ0n) is 12.3. The quantitative estimate of drug-likeness (QED) is 0.447. The number of esters is 1. The van der Waals surface area contributed by atoms with Gasteiger partial charge in [-0.15, -0.1) is 0 Å². The number of ether oxygens (including phenoxy) is 3. The van der Waals surface area contributed by atoms with E-state index in [1.54, 1.807) is 6.08 Å². The Morgan fingerprint density at radius 1 is 1.30 bits per heavy atom. The number of carbonyl (C=O) groups excluding carboxylic acids is 2. The molecule has 2 aliphatic carbocycles. The predicted octanol–water partition coefficient (Wildman–Crippen LogP) is 1.63. The summed E-state index contributed by atoms with van der Waals surface area (Å²) in [5.41, 5.74) is 0.199. The predicted molar refractivity (Wildman–Crippen MR) is 71.8 cm³/mol. The highest BCUT2D eigenvalue weighted by molar-refractivity contribution is 6.00. The highest BCUT2D eigenvalue weighted by Gasteiger charge is 2.61. The summed E-state index contributed by atoms with van der Waals surface area (Å²) in [5.74, 6) is -2.51. The smallest absolute Gasteiger partial charge is 0.316 e. The van der Waals surface area contributed by atoms with Gasteiger partial charge in [-0.25, -0.2) is 0 Å². The van der Waals surface area contributed by atoms with Gasteiger partial charge in [0, 0.05) is 20.1 Å². The van der Waals surface area contributed by atoms with Gasteiger partial charge in [-0.05, 0) is 25.8 Å². The first-order valence-corrected chi connectivity index (χ1v) is 6.55. The van der Waals surface area contributed by atoms with Gasteiger partial charge >= 0.3 is 5.97 Å². The Morgan fingerprint density at radius 2 is 1.95 bits per heavy atom. The zero-order valence-corrected chi connectivity index (χ0v) is 12.3. The molecular weight excluding hydrogens is 260 g/mol. The van der Waals surface area contributed by atoms with Crippen LogP contribution >= 0.6 is 0 Å². The lowest BCUT2D eigenvalue weighted by atomic mass is 9.60. The van der Waals surface area contributed by atoms with Crippen LogP contribution < -0.4 is 0 Å². The van der Waals surface area contributed by atoms with E-state index in [0.29, 0.717) is 12.8 Å². The molecule has 0 aromatic heterocycles. The number of hydrogen-bond donors (Lipinski definition) is 0. The third-order valence-electron chi connectivity index (χ3n) is 4.44. The minimum absolute atomic E-state index is 0.276. The average molecular weight is 280 g/mol. The van der Waals surface area contributed by atoms with Crippen LogP contribution in [0, 0.1) is 11.3 Å². The van der Waals surface area contributed by atoms with E-state index in [1.807, 2.05) is 13.0 Å². The van der Waals surface area contributed by atoms with E-state index in [-0.39, 0.29) is 11.8 Å². The van der Waals surface area contributed by atoms with Gasteiger partial charge in [-0.2, -0.15) is 0 Å². The van der Waals surface area contributed by atoms with Crippen molar-refractivity contribution in [1.29, 1.82) is 0 Å². The molecular formula is C15H20O5. The molecule has 5 nitrogen and oxygen atoms in total. The third kappa shape index (κ3) is 1.84. The summed E-state index contributed by atoms with van der Waals surface area (Å²) in [6.07, 6.45) is 6.05. The molecule has 2 atom stereocenters. The Balaban J connectivity index is 2.62. The SMILES string of the molecule is COC(=O)[C@]12C=CC(=O)C(OC)(OC)[C@H]1CC(C)=CC2. The van der Waals surface area contributed by atoms with Gasteiger partial charge in [-0.3, -0.25) is 9.59 Å². The van der Waals surface area contributed by atoms with Crippen LogP contribution in [0.2, 0.25) is 0 Å². The van der Waals surface area contributed by atoms with E-state index < -0.39 is 17.1 Å². The van der Waals surface area contributed by atoms with E-state index in [2.05, 4.69) is 0 Å². The number of methoxy groups -OCH3 is 3. The van der Waals surface area contributed by atoms with Gasteiger partial charge in [0.2, 0.25) is 11.6 Å². The van der Waals surface area contributed by atoms with Crippen molar-refractivity contribution in [3.63, 3.8) is 0 Å². The first-order chi connectivity index (χ1) is 9.46. The van der Waals surface area contributed by atoms with Crippen molar-refractivity contribution < 1.29 is 23.8 Å². The molecule has 0 unspecified atom stereocenters. The molecule has 0 aromatic carbocycles. The largest absolute Gasteiger partial charge is 0.468 e. The molecule has 2 aliphatic rings. The van der Waals surface area contributed by atoms with Crippen LogP contribution in [0.25, 0.3) is 0 Å². The third-order valence-corrected chi connectivity index (χ3v) is 4.44. The van der Waals surface area contributed by atoms with Crippen molar-refractivity contribution in [3.05, 3.63) is 23.8 Å². The summed E-state index contributed by atoms with van der Waals surface area (Å²) in [4.78, 5) is 24.6. The van der Waals surface area contributed by atoms with Crippen molar-refractivity contribution in [3.8, 4) is 0 Å². The Hall–Kier alpha value is -1.46. The molecule has 0 spiro atoms. The van der Waals surface area contributed by atoms with E-state index in [9.17, 15) is 9.59 Å². The summed E-state index contributed by atoms with van der Waals surface area (Å²) in [5, 5.41) is 0. The number of allylic oxidation sites excluding steroid dienone is 2. The number of fused-ring (bicyclic) bond motifs is 1. The van der Waals surface area contributed by atoms with Crippen molar-refractivity contribution in [2.75, 3.05) is 21.3 Å². The fraction of sp³-hybridized carbons (Fsp3) is 0.600. The molecule has 5 heteroatoms. The van der Waals surface area contributed by atoms with Gasteiger partial charge in [0.15, 0.2) is 0 Å². The van der Waals surface area contributed by atoms with Crippen LogP contribution in [-0.4, -0.2) is 38.9 Å². The number of hydrogen-bond acceptors (Lipinski definition) is 5. The molecule has 0 aliphatic heterocycles. The van der Waals surface area contributed by atoms with Crippen molar-refractivity contribution in [2.45, 2.75) is 25.6 Å². The van der Waals surface area contributed by atoms with Crippen molar-refractivity contribution >= 4 is 11.8 Å². The minimum atomic E-state index is -1.43. The Bertz CT molecular complexity index is 486. The maximum atomic E-state index is 12.3. The first-order valence-electron chi connectivity index (χ1n) is 6.55. The molecule has 20 heavy (non-hydrogen) atoms. The van der Waals surface area contributed by atoms with Crippen molar-refractivity contribution in [1.82, 2.24) is 0 Å². The minimum Gasteiger partial charge on any atom is -0.468 e. The van der Waals surface area contributed by atoms with E-state index in [1.165, 1.54) is 27.4 Å². The van der Waals surface area contributed by atoms with Gasteiger partial charge in [0.1, 0.15) is 0 Å². The lowest BCUT2D eigenvalue weighted by Gasteiger charge is -2.49. The zero-order chi connectivity index (χ0) is 15.0. The van der Waals surface area contributed by atoms with Crippen LogP contribution in [-0.2, 0) is 23.8 Å². The summed E-state index contributed by atoms with van der Waals surface area (Å²) in [6.45, 7) is 1.97. The molecule has 0 radical (unpaired) electrons. The fourth-order valence-corrected chi connectivity index (χ4v) is 3.30. The normalized spacial score (nSPS) is 31.5. The summed E-state index contributed by atoms with van der Waals surface area (Å²) in [7, 11) is 4.21. The highest BCUT2D eigenvalue weighted by atomic mass is 16.7. The van der Waals surface area contributed by atoms with Crippen LogP contribution in [0.3, 0.4) is 0 Å². The van der Waals surface area contributed by atoms with E-state index in [0.717, 1.165) is 5.57 Å². The highest BCUT2D eigenvalue weighted by Crippen LogP contribution is 2.52.